The minimum Gasteiger partial charge on any atom is -0.458 e. The summed E-state index contributed by atoms with van der Waals surface area (Å²) in [6.07, 6.45) is 0. The van der Waals surface area contributed by atoms with Crippen molar-refractivity contribution in [2.45, 2.75) is 62.3 Å². The first-order chi connectivity index (χ1) is 36.4. The second-order valence-corrected chi connectivity index (χ2v) is 22.3. The van der Waals surface area contributed by atoms with Gasteiger partial charge >= 0.3 is 0 Å². The number of hydrogen-bond donors (Lipinski definition) is 0. The SMILES string of the molecule is Cc1ccc(N2c3ccc(C)cc3B3c4cc5c(cc4N(c4ccc(C)cc4)c4cc(-c6c(C)cccc6C)cc2c43)Oc2cc(-c3c(C)cccc3C)cc3c2B5c2cc(C)cc4c5cc(C)ccc5n-3c24)cc1. The van der Waals surface area contributed by atoms with Gasteiger partial charge in [0.15, 0.2) is 0 Å². The monoisotopic (exact) mass is 963 g/mol. The minimum absolute atomic E-state index is 0.0802. The molecule has 10 aromatic carbocycles. The normalized spacial score (nSPS) is 13.4. The number of nitrogens with zero attached hydrogens (tertiary/aromatic N) is 3. The molecule has 0 saturated heterocycles. The van der Waals surface area contributed by atoms with E-state index < -0.39 is 0 Å². The molecule has 0 bridgehead atoms. The molecule has 15 rings (SSSR count). The highest BCUT2D eigenvalue weighted by molar-refractivity contribution is 7.02. The van der Waals surface area contributed by atoms with Crippen molar-refractivity contribution >= 4 is 102 Å². The average Bonchev–Trinajstić information content (AvgIpc) is 3.73. The molecule has 4 nitrogen and oxygen atoms in total. The Labute approximate surface area is 440 Å². The highest BCUT2D eigenvalue weighted by atomic mass is 16.5. The third kappa shape index (κ3) is 6.26. The number of hydrogen-bond acceptors (Lipinski definition) is 3. The van der Waals surface area contributed by atoms with Gasteiger partial charge in [-0.05, 0) is 212 Å². The first-order valence-corrected chi connectivity index (χ1v) is 26.6. The fourth-order valence-corrected chi connectivity index (χ4v) is 13.9. The summed E-state index contributed by atoms with van der Waals surface area (Å²) >= 11 is 0. The molecule has 0 saturated carbocycles. The highest BCUT2D eigenvalue weighted by Crippen LogP contribution is 2.49. The Kier molecular flexibility index (Phi) is 9.26. The molecule has 4 aliphatic rings. The molecule has 1 aromatic heterocycles. The van der Waals surface area contributed by atoms with E-state index in [1.54, 1.807) is 0 Å². The van der Waals surface area contributed by atoms with Crippen LogP contribution in [0.5, 0.6) is 11.5 Å². The molecule has 0 spiro atoms. The molecule has 0 atom stereocenters. The lowest BCUT2D eigenvalue weighted by atomic mass is 9.30. The number of benzene rings is 10. The lowest BCUT2D eigenvalue weighted by Crippen LogP contribution is -2.64. The van der Waals surface area contributed by atoms with Crippen LogP contribution < -0.4 is 47.3 Å². The molecule has 11 aromatic rings. The zero-order valence-electron chi connectivity index (χ0n) is 44.1. The quantitative estimate of drug-likeness (QED) is 0.164. The summed E-state index contributed by atoms with van der Waals surface area (Å²) in [4.78, 5) is 5.10. The third-order valence-corrected chi connectivity index (χ3v) is 17.2. The number of aromatic nitrogens is 1. The van der Waals surface area contributed by atoms with Crippen LogP contribution in [0.3, 0.4) is 0 Å². The van der Waals surface area contributed by atoms with Crippen molar-refractivity contribution in [2.75, 3.05) is 9.80 Å². The third-order valence-electron chi connectivity index (χ3n) is 17.2. The fourth-order valence-electron chi connectivity index (χ4n) is 13.9. The second-order valence-electron chi connectivity index (χ2n) is 22.3. The summed E-state index contributed by atoms with van der Waals surface area (Å²) in [7, 11) is 0. The van der Waals surface area contributed by atoms with E-state index in [1.807, 2.05) is 0 Å². The van der Waals surface area contributed by atoms with Crippen LogP contribution in [-0.2, 0) is 0 Å². The van der Waals surface area contributed by atoms with Crippen LogP contribution in [0.2, 0.25) is 0 Å². The van der Waals surface area contributed by atoms with E-state index in [1.165, 1.54) is 150 Å². The van der Waals surface area contributed by atoms with E-state index in [0.717, 1.165) is 28.6 Å². The number of aryl methyl sites for hydroxylation is 9. The molecule has 0 fully saturated rings. The zero-order valence-corrected chi connectivity index (χ0v) is 44.1. The molecule has 75 heavy (non-hydrogen) atoms. The largest absolute Gasteiger partial charge is 0.458 e. The van der Waals surface area contributed by atoms with Crippen molar-refractivity contribution in [1.82, 2.24) is 4.57 Å². The Bertz CT molecular complexity index is 4300. The van der Waals surface area contributed by atoms with Gasteiger partial charge in [-0.25, -0.2) is 0 Å². The van der Waals surface area contributed by atoms with E-state index in [9.17, 15) is 0 Å². The van der Waals surface area contributed by atoms with E-state index in [2.05, 4.69) is 247 Å². The molecule has 0 N–H and O–H groups in total. The second kappa shape index (κ2) is 15.8. The van der Waals surface area contributed by atoms with Crippen LogP contribution in [0.4, 0.5) is 34.1 Å². The maximum Gasteiger partial charge on any atom is 0.256 e. The Hall–Kier alpha value is -8.47. The first-order valence-electron chi connectivity index (χ1n) is 26.6. The summed E-state index contributed by atoms with van der Waals surface area (Å²) in [5.41, 5.74) is 34.6. The van der Waals surface area contributed by atoms with E-state index >= 15 is 0 Å². The van der Waals surface area contributed by atoms with Crippen LogP contribution in [-0.4, -0.2) is 18.0 Å². The summed E-state index contributed by atoms with van der Waals surface area (Å²) in [5, 5.41) is 2.59. The summed E-state index contributed by atoms with van der Waals surface area (Å²) in [6, 6.07) is 65.3. The topological polar surface area (TPSA) is 20.6 Å². The Morgan fingerprint density at radius 1 is 0.347 bits per heavy atom. The van der Waals surface area contributed by atoms with Crippen LogP contribution >= 0.6 is 0 Å². The summed E-state index contributed by atoms with van der Waals surface area (Å²) in [6.45, 7) is 19.9. The van der Waals surface area contributed by atoms with Crippen molar-refractivity contribution in [2.24, 2.45) is 0 Å². The molecular weight excluding hydrogens is 908 g/mol. The van der Waals surface area contributed by atoms with Crippen molar-refractivity contribution in [3.05, 3.63) is 220 Å². The van der Waals surface area contributed by atoms with Gasteiger partial charge in [-0.3, -0.25) is 0 Å². The van der Waals surface area contributed by atoms with Crippen molar-refractivity contribution in [3.8, 4) is 39.4 Å². The predicted molar refractivity (Wildman–Crippen MR) is 319 cm³/mol. The number of ether oxygens (including phenoxy) is 1. The lowest BCUT2D eigenvalue weighted by molar-refractivity contribution is 0.487. The maximum atomic E-state index is 7.63. The predicted octanol–water partition coefficient (Wildman–Crippen LogP) is 13.9. The van der Waals surface area contributed by atoms with Crippen molar-refractivity contribution in [3.63, 3.8) is 0 Å². The molecule has 0 unspecified atom stereocenters. The number of rotatable bonds is 4. The maximum absolute atomic E-state index is 7.63. The summed E-state index contributed by atoms with van der Waals surface area (Å²) < 4.78 is 10.2. The van der Waals surface area contributed by atoms with Gasteiger partial charge in [0, 0.05) is 62.2 Å². The molecular formula is C69H55B2N3O. The van der Waals surface area contributed by atoms with Gasteiger partial charge in [0.2, 0.25) is 0 Å². The molecule has 0 radical (unpaired) electrons. The smallest absolute Gasteiger partial charge is 0.256 e. The van der Waals surface area contributed by atoms with Gasteiger partial charge < -0.3 is 19.1 Å². The van der Waals surface area contributed by atoms with Crippen molar-refractivity contribution in [1.29, 1.82) is 0 Å². The lowest BCUT2D eigenvalue weighted by Gasteiger charge is -2.45. The minimum atomic E-state index is -0.0823. The Balaban J connectivity index is 1.07. The zero-order chi connectivity index (χ0) is 50.9. The number of fused-ring (bicyclic) bond motifs is 11. The van der Waals surface area contributed by atoms with Crippen LogP contribution in [0.15, 0.2) is 170 Å². The molecule has 5 heterocycles. The molecule has 0 aliphatic carbocycles. The van der Waals surface area contributed by atoms with Gasteiger partial charge in [-0.2, -0.15) is 0 Å². The van der Waals surface area contributed by atoms with Crippen LogP contribution in [0, 0.1) is 62.3 Å². The average molecular weight is 964 g/mol. The Morgan fingerprint density at radius 2 is 0.853 bits per heavy atom. The summed E-state index contributed by atoms with van der Waals surface area (Å²) in [5.74, 6) is 1.82. The number of anilines is 6. The molecule has 6 heteroatoms. The van der Waals surface area contributed by atoms with Gasteiger partial charge in [0.25, 0.3) is 13.4 Å². The first kappa shape index (κ1) is 44.1. The molecule has 358 valence electrons. The van der Waals surface area contributed by atoms with Gasteiger partial charge in [0.1, 0.15) is 11.5 Å². The fraction of sp³-hybridized carbons (Fsp3) is 0.130. The van der Waals surface area contributed by atoms with E-state index in [0.29, 0.717) is 0 Å². The highest BCUT2D eigenvalue weighted by Gasteiger charge is 2.47. The van der Waals surface area contributed by atoms with Gasteiger partial charge in [-0.15, -0.1) is 0 Å². The van der Waals surface area contributed by atoms with Crippen LogP contribution in [0.1, 0.15) is 50.1 Å². The molecule has 0 amide bonds. The van der Waals surface area contributed by atoms with E-state index in [4.69, 9.17) is 4.74 Å². The van der Waals surface area contributed by atoms with Crippen LogP contribution in [0.25, 0.3) is 49.7 Å². The molecule has 4 aliphatic heterocycles. The van der Waals surface area contributed by atoms with E-state index in [-0.39, 0.29) is 13.4 Å². The van der Waals surface area contributed by atoms with Gasteiger partial charge in [0.05, 0.1) is 5.52 Å². The van der Waals surface area contributed by atoms with Gasteiger partial charge in [-0.1, -0.05) is 119 Å². The van der Waals surface area contributed by atoms with Crippen molar-refractivity contribution < 1.29 is 4.74 Å². The Morgan fingerprint density at radius 3 is 1.49 bits per heavy atom. The standard InChI is InChI=1S/C69H55B2N3O/c1-38-16-22-49(23-17-38)72-58-27-21-41(4)30-53(58)70-54-36-55-63(37-59(54)73(50-24-18-39(2)19-25-50)61-33-47(32-60(72)67(61)70)65-43(6)12-10-13-44(65)7)75-64-35-48(66-45(8)14-11-15-46(66)9)34-62-68(64)71(55)56-31-42(5)29-52-51-28-40(3)20-26-57(51)74(62)69(52)56/h10-37H,1-9H3.